The maximum absolute atomic E-state index is 6.22. The minimum Gasteiger partial charge on any atom is -0.340 e. The standard InChI is InChI=1S/C17H18ClN3S/c1-5-14-20-16(15-10(3)11(4)22-17(15)21-14)19-12-7-6-9(2)13(18)8-12/h6-8H,5H2,1-4H3,(H,19,20,21). The molecule has 3 aromatic rings. The topological polar surface area (TPSA) is 37.8 Å². The van der Waals surface area contributed by atoms with Crippen molar-refractivity contribution in [2.75, 3.05) is 5.32 Å². The number of aryl methyl sites for hydroxylation is 4. The van der Waals surface area contributed by atoms with E-state index in [9.17, 15) is 0 Å². The van der Waals surface area contributed by atoms with Crippen molar-refractivity contribution in [1.82, 2.24) is 9.97 Å². The van der Waals surface area contributed by atoms with Crippen LogP contribution in [0.2, 0.25) is 5.02 Å². The Morgan fingerprint density at radius 3 is 2.64 bits per heavy atom. The summed E-state index contributed by atoms with van der Waals surface area (Å²) in [4.78, 5) is 11.7. The van der Waals surface area contributed by atoms with E-state index in [2.05, 4.69) is 36.1 Å². The molecule has 114 valence electrons. The molecule has 22 heavy (non-hydrogen) atoms. The van der Waals surface area contributed by atoms with E-state index in [4.69, 9.17) is 11.6 Å². The fraction of sp³-hybridized carbons (Fsp3) is 0.294. The van der Waals surface area contributed by atoms with Gasteiger partial charge in [0.2, 0.25) is 0 Å². The molecular weight excluding hydrogens is 314 g/mol. The molecule has 1 aromatic carbocycles. The first-order valence-corrected chi connectivity index (χ1v) is 8.48. The van der Waals surface area contributed by atoms with Crippen LogP contribution in [0.15, 0.2) is 18.2 Å². The van der Waals surface area contributed by atoms with Crippen LogP contribution in [0.1, 0.15) is 28.8 Å². The highest BCUT2D eigenvalue weighted by Gasteiger charge is 2.14. The normalized spacial score (nSPS) is 11.1. The number of nitrogens with one attached hydrogen (secondary N) is 1. The second-order valence-corrected chi connectivity index (χ2v) is 7.00. The van der Waals surface area contributed by atoms with Crippen molar-refractivity contribution >= 4 is 44.7 Å². The quantitative estimate of drug-likeness (QED) is 0.681. The van der Waals surface area contributed by atoms with E-state index in [0.717, 1.165) is 44.6 Å². The van der Waals surface area contributed by atoms with Gasteiger partial charge in [-0.25, -0.2) is 9.97 Å². The van der Waals surface area contributed by atoms with Crippen LogP contribution in [0.4, 0.5) is 11.5 Å². The molecular formula is C17H18ClN3S. The van der Waals surface area contributed by atoms with Gasteiger partial charge in [-0.05, 0) is 44.0 Å². The van der Waals surface area contributed by atoms with Gasteiger partial charge in [0.1, 0.15) is 16.5 Å². The third kappa shape index (κ3) is 2.69. The molecule has 0 amide bonds. The third-order valence-corrected chi connectivity index (χ3v) is 5.33. The van der Waals surface area contributed by atoms with Gasteiger partial charge in [-0.2, -0.15) is 0 Å². The number of rotatable bonds is 3. The van der Waals surface area contributed by atoms with Gasteiger partial charge < -0.3 is 5.32 Å². The Morgan fingerprint density at radius 2 is 1.95 bits per heavy atom. The fourth-order valence-corrected chi connectivity index (χ4v) is 3.58. The van der Waals surface area contributed by atoms with Crippen LogP contribution in [0.5, 0.6) is 0 Å². The maximum atomic E-state index is 6.22. The fourth-order valence-electron chi connectivity index (χ4n) is 2.35. The SMILES string of the molecule is CCc1nc(Nc2ccc(C)c(Cl)c2)c2c(C)c(C)sc2n1. The number of hydrogen-bond acceptors (Lipinski definition) is 4. The van der Waals surface area contributed by atoms with E-state index in [1.807, 2.05) is 25.1 Å². The maximum Gasteiger partial charge on any atom is 0.143 e. The minimum absolute atomic E-state index is 0.754. The number of thiophene rings is 1. The highest BCUT2D eigenvalue weighted by molar-refractivity contribution is 7.18. The predicted molar refractivity (Wildman–Crippen MR) is 95.7 cm³/mol. The molecule has 0 aliphatic heterocycles. The largest absolute Gasteiger partial charge is 0.340 e. The molecule has 0 aliphatic rings. The van der Waals surface area contributed by atoms with Gasteiger partial charge in [0.25, 0.3) is 0 Å². The highest BCUT2D eigenvalue weighted by Crippen LogP contribution is 2.35. The van der Waals surface area contributed by atoms with Crippen LogP contribution >= 0.6 is 22.9 Å². The van der Waals surface area contributed by atoms with E-state index < -0.39 is 0 Å². The van der Waals surface area contributed by atoms with Gasteiger partial charge in [-0.3, -0.25) is 0 Å². The van der Waals surface area contributed by atoms with E-state index in [1.54, 1.807) is 11.3 Å². The molecule has 2 heterocycles. The van der Waals surface area contributed by atoms with Gasteiger partial charge in [0.05, 0.1) is 5.39 Å². The van der Waals surface area contributed by atoms with Crippen molar-refractivity contribution in [3.8, 4) is 0 Å². The molecule has 3 rings (SSSR count). The number of aromatic nitrogens is 2. The van der Waals surface area contributed by atoms with Crippen LogP contribution in [-0.4, -0.2) is 9.97 Å². The molecule has 0 unspecified atom stereocenters. The molecule has 0 saturated carbocycles. The summed E-state index contributed by atoms with van der Waals surface area (Å²) in [5.74, 6) is 1.72. The lowest BCUT2D eigenvalue weighted by molar-refractivity contribution is 0.967. The average molecular weight is 332 g/mol. The van der Waals surface area contributed by atoms with Crippen molar-refractivity contribution in [2.24, 2.45) is 0 Å². The Bertz CT molecular complexity index is 855. The van der Waals surface area contributed by atoms with Gasteiger partial charge in [0, 0.05) is 22.0 Å². The van der Waals surface area contributed by atoms with E-state index >= 15 is 0 Å². The van der Waals surface area contributed by atoms with Crippen LogP contribution in [0.25, 0.3) is 10.2 Å². The smallest absolute Gasteiger partial charge is 0.143 e. The van der Waals surface area contributed by atoms with Crippen molar-refractivity contribution in [2.45, 2.75) is 34.1 Å². The number of halogens is 1. The van der Waals surface area contributed by atoms with Crippen molar-refractivity contribution in [1.29, 1.82) is 0 Å². The molecule has 0 radical (unpaired) electrons. The zero-order chi connectivity index (χ0) is 15.9. The molecule has 0 bridgehead atoms. The Morgan fingerprint density at radius 1 is 1.18 bits per heavy atom. The Hall–Kier alpha value is -1.65. The van der Waals surface area contributed by atoms with Crippen LogP contribution in [0, 0.1) is 20.8 Å². The zero-order valence-corrected chi connectivity index (χ0v) is 14.7. The van der Waals surface area contributed by atoms with Crippen LogP contribution in [0.3, 0.4) is 0 Å². The first-order chi connectivity index (χ1) is 10.5. The second-order valence-electron chi connectivity index (χ2n) is 5.39. The summed E-state index contributed by atoms with van der Waals surface area (Å²) >= 11 is 7.94. The van der Waals surface area contributed by atoms with Gasteiger partial charge in [-0.1, -0.05) is 24.6 Å². The van der Waals surface area contributed by atoms with Crippen molar-refractivity contribution in [3.05, 3.63) is 45.1 Å². The minimum atomic E-state index is 0.754. The lowest BCUT2D eigenvalue weighted by Gasteiger charge is -2.10. The summed E-state index contributed by atoms with van der Waals surface area (Å²) < 4.78 is 0. The lowest BCUT2D eigenvalue weighted by atomic mass is 10.2. The van der Waals surface area contributed by atoms with Gasteiger partial charge in [0.15, 0.2) is 0 Å². The molecule has 0 atom stereocenters. The second kappa shape index (κ2) is 5.86. The summed E-state index contributed by atoms with van der Waals surface area (Å²) in [5, 5.41) is 5.28. The molecule has 5 heteroatoms. The van der Waals surface area contributed by atoms with Crippen molar-refractivity contribution in [3.63, 3.8) is 0 Å². The Kier molecular flexibility index (Phi) is 4.06. The number of benzene rings is 1. The van der Waals surface area contributed by atoms with E-state index in [1.165, 1.54) is 10.4 Å². The van der Waals surface area contributed by atoms with Crippen LogP contribution < -0.4 is 5.32 Å². The summed E-state index contributed by atoms with van der Waals surface area (Å²) in [5.41, 5.74) is 3.25. The lowest BCUT2D eigenvalue weighted by Crippen LogP contribution is -2.00. The number of fused-ring (bicyclic) bond motifs is 1. The van der Waals surface area contributed by atoms with Crippen molar-refractivity contribution < 1.29 is 0 Å². The summed E-state index contributed by atoms with van der Waals surface area (Å²) in [7, 11) is 0. The highest BCUT2D eigenvalue weighted by atomic mass is 35.5. The van der Waals surface area contributed by atoms with E-state index in [-0.39, 0.29) is 0 Å². The van der Waals surface area contributed by atoms with Gasteiger partial charge in [-0.15, -0.1) is 11.3 Å². The first-order valence-electron chi connectivity index (χ1n) is 7.29. The van der Waals surface area contributed by atoms with E-state index in [0.29, 0.717) is 0 Å². The van der Waals surface area contributed by atoms with Crippen LogP contribution in [-0.2, 0) is 6.42 Å². The molecule has 3 nitrogen and oxygen atoms in total. The number of anilines is 2. The number of hydrogen-bond donors (Lipinski definition) is 1. The molecule has 0 spiro atoms. The summed E-state index contributed by atoms with van der Waals surface area (Å²) in [6.45, 7) is 8.31. The Labute approximate surface area is 139 Å². The predicted octanol–water partition coefficient (Wildman–Crippen LogP) is 5.58. The molecule has 0 aliphatic carbocycles. The monoisotopic (exact) mass is 331 g/mol. The average Bonchev–Trinajstić information content (AvgIpc) is 2.78. The number of nitrogens with zero attached hydrogens (tertiary/aromatic N) is 2. The molecule has 0 saturated heterocycles. The Balaban J connectivity index is 2.13. The third-order valence-electron chi connectivity index (χ3n) is 3.83. The summed E-state index contributed by atoms with van der Waals surface area (Å²) in [6.07, 6.45) is 0.815. The first kappa shape index (κ1) is 15.3. The molecule has 1 N–H and O–H groups in total. The zero-order valence-electron chi connectivity index (χ0n) is 13.1. The molecule has 0 fully saturated rings. The summed E-state index contributed by atoms with van der Waals surface area (Å²) in [6, 6.07) is 5.97. The van der Waals surface area contributed by atoms with Gasteiger partial charge >= 0.3 is 0 Å². The molecule has 2 aromatic heterocycles.